The van der Waals surface area contributed by atoms with Gasteiger partial charge in [-0.1, -0.05) is 12.1 Å². The third-order valence-corrected chi connectivity index (χ3v) is 4.42. The lowest BCUT2D eigenvalue weighted by molar-refractivity contribution is 0.416. The fraction of sp³-hybridized carbons (Fsp3) is 0.200. The van der Waals surface area contributed by atoms with Gasteiger partial charge >= 0.3 is 0 Å². The zero-order valence-corrected chi connectivity index (χ0v) is 12.8. The van der Waals surface area contributed by atoms with E-state index in [0.717, 1.165) is 11.6 Å². The molecule has 2 rings (SSSR count). The molecule has 2 aromatic carbocycles. The molecule has 0 fully saturated rings. The molecule has 0 unspecified atom stereocenters. The molecule has 0 aliphatic carbocycles. The molecule has 4 nitrogen and oxygen atoms in total. The first kappa shape index (κ1) is 15.3. The molecule has 0 saturated carbocycles. The molecule has 0 amide bonds. The summed E-state index contributed by atoms with van der Waals surface area (Å²) >= 11 is 0. The van der Waals surface area contributed by atoms with E-state index in [2.05, 4.69) is 4.72 Å². The Morgan fingerprint density at radius 1 is 1.10 bits per heavy atom. The van der Waals surface area contributed by atoms with E-state index >= 15 is 0 Å². The first-order valence-electron chi connectivity index (χ1n) is 6.27. The van der Waals surface area contributed by atoms with Crippen LogP contribution in [0.25, 0.3) is 0 Å². The summed E-state index contributed by atoms with van der Waals surface area (Å²) in [6, 6.07) is 8.87. The normalized spacial score (nSPS) is 11.2. The summed E-state index contributed by atoms with van der Waals surface area (Å²) < 4.78 is 45.7. The highest BCUT2D eigenvalue weighted by molar-refractivity contribution is 7.92. The molecule has 0 aromatic heterocycles. The van der Waals surface area contributed by atoms with Crippen LogP contribution in [0.2, 0.25) is 0 Å². The smallest absolute Gasteiger partial charge is 0.262 e. The number of sulfonamides is 1. The Hall–Kier alpha value is -2.08. The Morgan fingerprint density at radius 3 is 2.43 bits per heavy atom. The summed E-state index contributed by atoms with van der Waals surface area (Å²) in [5, 5.41) is 0. The molecular weight excluding hydrogens is 293 g/mol. The molecule has 0 aliphatic rings. The van der Waals surface area contributed by atoms with Crippen LogP contribution in [0.15, 0.2) is 41.3 Å². The van der Waals surface area contributed by atoms with E-state index in [1.165, 1.54) is 19.2 Å². The zero-order valence-electron chi connectivity index (χ0n) is 12.0. The van der Waals surface area contributed by atoms with Gasteiger partial charge in [0.2, 0.25) is 0 Å². The van der Waals surface area contributed by atoms with Gasteiger partial charge < -0.3 is 4.74 Å². The molecule has 0 spiro atoms. The van der Waals surface area contributed by atoms with Crippen LogP contribution in [-0.4, -0.2) is 15.5 Å². The summed E-state index contributed by atoms with van der Waals surface area (Å²) in [5.74, 6) is -0.153. The van der Waals surface area contributed by atoms with E-state index in [-0.39, 0.29) is 4.90 Å². The Balaban J connectivity index is 2.39. The van der Waals surface area contributed by atoms with Crippen LogP contribution in [0, 0.1) is 19.7 Å². The van der Waals surface area contributed by atoms with E-state index in [1.54, 1.807) is 25.1 Å². The molecule has 112 valence electrons. The lowest BCUT2D eigenvalue weighted by Gasteiger charge is -2.12. The molecule has 0 saturated heterocycles. The molecule has 6 heteroatoms. The monoisotopic (exact) mass is 309 g/mol. The highest BCUT2D eigenvalue weighted by atomic mass is 32.2. The lowest BCUT2D eigenvalue weighted by atomic mass is 10.2. The van der Waals surface area contributed by atoms with Gasteiger partial charge in [-0.05, 0) is 49.2 Å². The van der Waals surface area contributed by atoms with Crippen molar-refractivity contribution in [2.24, 2.45) is 0 Å². The number of rotatable bonds is 4. The van der Waals surface area contributed by atoms with Crippen LogP contribution in [0.4, 0.5) is 10.1 Å². The molecular formula is C15H16FNO3S. The molecule has 1 N–H and O–H groups in total. The third kappa shape index (κ3) is 3.33. The average Bonchev–Trinajstić information content (AvgIpc) is 2.43. The Kier molecular flexibility index (Phi) is 4.18. The lowest BCUT2D eigenvalue weighted by Crippen LogP contribution is -2.14. The summed E-state index contributed by atoms with van der Waals surface area (Å²) in [6.45, 7) is 3.44. The summed E-state index contributed by atoms with van der Waals surface area (Å²) in [4.78, 5) is -0.131. The second kappa shape index (κ2) is 5.73. The maximum absolute atomic E-state index is 13.5. The van der Waals surface area contributed by atoms with Gasteiger partial charge in [-0.25, -0.2) is 12.8 Å². The van der Waals surface area contributed by atoms with Gasteiger partial charge in [-0.3, -0.25) is 4.72 Å². The number of methoxy groups -OCH3 is 1. The fourth-order valence-corrected chi connectivity index (χ4v) is 2.91. The number of halogens is 1. The van der Waals surface area contributed by atoms with Crippen LogP contribution < -0.4 is 9.46 Å². The summed E-state index contributed by atoms with van der Waals surface area (Å²) in [5.41, 5.74) is 1.64. The highest BCUT2D eigenvalue weighted by Crippen LogP contribution is 2.28. The molecule has 0 heterocycles. The highest BCUT2D eigenvalue weighted by Gasteiger charge is 2.17. The van der Waals surface area contributed by atoms with Crippen molar-refractivity contribution < 1.29 is 17.5 Å². The van der Waals surface area contributed by atoms with E-state index in [1.807, 2.05) is 6.92 Å². The fourth-order valence-electron chi connectivity index (χ4n) is 1.83. The van der Waals surface area contributed by atoms with Crippen LogP contribution >= 0.6 is 0 Å². The van der Waals surface area contributed by atoms with Gasteiger partial charge in [-0.2, -0.15) is 0 Å². The van der Waals surface area contributed by atoms with Crippen LogP contribution in [0.1, 0.15) is 11.1 Å². The minimum atomic E-state index is -3.87. The molecule has 0 aliphatic heterocycles. The summed E-state index contributed by atoms with van der Waals surface area (Å²) in [6.07, 6.45) is 0. The van der Waals surface area contributed by atoms with Gasteiger partial charge in [0.05, 0.1) is 17.7 Å². The maximum atomic E-state index is 13.5. The minimum Gasteiger partial charge on any atom is -0.495 e. The number of aryl methyl sites for hydroxylation is 2. The molecule has 0 bridgehead atoms. The van der Waals surface area contributed by atoms with E-state index < -0.39 is 15.8 Å². The van der Waals surface area contributed by atoms with Crippen molar-refractivity contribution in [2.75, 3.05) is 11.8 Å². The topological polar surface area (TPSA) is 55.4 Å². The van der Waals surface area contributed by atoms with E-state index in [0.29, 0.717) is 17.0 Å². The number of hydrogen-bond acceptors (Lipinski definition) is 3. The Bertz CT molecular complexity index is 772. The zero-order chi connectivity index (χ0) is 15.6. The van der Waals surface area contributed by atoms with Crippen molar-refractivity contribution in [3.05, 3.63) is 53.3 Å². The largest absolute Gasteiger partial charge is 0.495 e. The predicted octanol–water partition coefficient (Wildman–Crippen LogP) is 3.25. The first-order chi connectivity index (χ1) is 9.83. The van der Waals surface area contributed by atoms with Gasteiger partial charge in [-0.15, -0.1) is 0 Å². The number of benzene rings is 2. The quantitative estimate of drug-likeness (QED) is 0.943. The van der Waals surface area contributed by atoms with E-state index in [4.69, 9.17) is 4.74 Å². The van der Waals surface area contributed by atoms with Gasteiger partial charge in [0.15, 0.2) is 0 Å². The van der Waals surface area contributed by atoms with Gasteiger partial charge in [0.25, 0.3) is 10.0 Å². The number of anilines is 1. The second-order valence-electron chi connectivity index (χ2n) is 4.72. The first-order valence-corrected chi connectivity index (χ1v) is 7.75. The maximum Gasteiger partial charge on any atom is 0.262 e. The van der Waals surface area contributed by atoms with Gasteiger partial charge in [0, 0.05) is 0 Å². The van der Waals surface area contributed by atoms with E-state index in [9.17, 15) is 12.8 Å². The van der Waals surface area contributed by atoms with Crippen LogP contribution in [0.5, 0.6) is 5.75 Å². The van der Waals surface area contributed by atoms with Crippen molar-refractivity contribution >= 4 is 15.7 Å². The summed E-state index contributed by atoms with van der Waals surface area (Å²) in [7, 11) is -2.41. The predicted molar refractivity (Wildman–Crippen MR) is 79.7 cm³/mol. The van der Waals surface area contributed by atoms with Crippen LogP contribution in [0.3, 0.4) is 0 Å². The van der Waals surface area contributed by atoms with Crippen molar-refractivity contribution in [3.63, 3.8) is 0 Å². The molecule has 0 radical (unpaired) electrons. The number of hydrogen-bond donors (Lipinski definition) is 1. The molecule has 21 heavy (non-hydrogen) atoms. The molecule has 2 aromatic rings. The number of nitrogens with one attached hydrogen (secondary N) is 1. The second-order valence-corrected chi connectivity index (χ2v) is 6.40. The van der Waals surface area contributed by atoms with Crippen molar-refractivity contribution in [1.29, 1.82) is 0 Å². The average molecular weight is 309 g/mol. The number of ether oxygens (including phenoxy) is 1. The SMILES string of the molecule is COc1cc(C)ccc1NS(=O)(=O)c1ccc(C)c(F)c1. The standard InChI is InChI=1S/C15H16FNO3S/c1-10-4-7-14(15(8-10)20-3)17-21(18,19)12-6-5-11(2)13(16)9-12/h4-9,17H,1-3H3. The van der Waals surface area contributed by atoms with Crippen LogP contribution in [-0.2, 0) is 10.0 Å². The third-order valence-electron chi connectivity index (χ3n) is 3.05. The van der Waals surface area contributed by atoms with Crippen molar-refractivity contribution in [3.8, 4) is 5.75 Å². The Labute approximate surface area is 123 Å². The minimum absolute atomic E-state index is 0.131. The Morgan fingerprint density at radius 2 is 1.81 bits per heavy atom. The molecule has 0 atom stereocenters. The van der Waals surface area contributed by atoms with Crippen molar-refractivity contribution in [1.82, 2.24) is 0 Å². The van der Waals surface area contributed by atoms with Crippen molar-refractivity contribution in [2.45, 2.75) is 18.7 Å². The van der Waals surface area contributed by atoms with Gasteiger partial charge in [0.1, 0.15) is 11.6 Å².